The molecule has 0 spiro atoms. The fourth-order valence-corrected chi connectivity index (χ4v) is 2.49. The average molecular weight is 190 g/mol. The molecular weight excluding hydrogens is 180 g/mol. The standard InChI is InChI=1S/C11H10OS/c1-8-2-3-9-7-10(4-5-12)13-11(9)6-8/h2-3,5-7H,4H2,1H3. The Morgan fingerprint density at radius 3 is 3.00 bits per heavy atom. The van der Waals surface area contributed by atoms with E-state index >= 15 is 0 Å². The highest BCUT2D eigenvalue weighted by Crippen LogP contribution is 2.26. The summed E-state index contributed by atoms with van der Waals surface area (Å²) in [5.41, 5.74) is 1.27. The second kappa shape index (κ2) is 3.30. The summed E-state index contributed by atoms with van der Waals surface area (Å²) >= 11 is 1.70. The highest BCUT2D eigenvalue weighted by molar-refractivity contribution is 7.19. The Labute approximate surface area is 81.0 Å². The van der Waals surface area contributed by atoms with Crippen molar-refractivity contribution in [2.75, 3.05) is 0 Å². The number of hydrogen-bond acceptors (Lipinski definition) is 2. The average Bonchev–Trinajstić information content (AvgIpc) is 2.46. The summed E-state index contributed by atoms with van der Waals surface area (Å²) in [6, 6.07) is 8.46. The van der Waals surface area contributed by atoms with Crippen LogP contribution in [-0.2, 0) is 11.2 Å². The van der Waals surface area contributed by atoms with Crippen molar-refractivity contribution in [3.63, 3.8) is 0 Å². The molecule has 13 heavy (non-hydrogen) atoms. The van der Waals surface area contributed by atoms with Gasteiger partial charge in [0.05, 0.1) is 0 Å². The second-order valence-electron chi connectivity index (χ2n) is 3.12. The van der Waals surface area contributed by atoms with E-state index in [1.165, 1.54) is 15.6 Å². The lowest BCUT2D eigenvalue weighted by atomic mass is 10.2. The Kier molecular flexibility index (Phi) is 2.15. The quantitative estimate of drug-likeness (QED) is 0.665. The molecule has 0 aliphatic heterocycles. The van der Waals surface area contributed by atoms with Crippen molar-refractivity contribution < 1.29 is 4.79 Å². The molecule has 0 aliphatic rings. The lowest BCUT2D eigenvalue weighted by molar-refractivity contribution is -0.107. The van der Waals surface area contributed by atoms with Crippen molar-refractivity contribution in [3.05, 3.63) is 34.7 Å². The van der Waals surface area contributed by atoms with Crippen LogP contribution in [0.3, 0.4) is 0 Å². The summed E-state index contributed by atoms with van der Waals surface area (Å²) in [6.07, 6.45) is 1.50. The van der Waals surface area contributed by atoms with Crippen molar-refractivity contribution in [1.82, 2.24) is 0 Å². The molecule has 2 heteroatoms. The minimum absolute atomic E-state index is 0.540. The molecule has 0 atom stereocenters. The molecule has 0 saturated heterocycles. The maximum atomic E-state index is 10.3. The first kappa shape index (κ1) is 8.45. The maximum Gasteiger partial charge on any atom is 0.125 e. The van der Waals surface area contributed by atoms with E-state index in [2.05, 4.69) is 31.2 Å². The second-order valence-corrected chi connectivity index (χ2v) is 4.29. The Morgan fingerprint density at radius 1 is 1.38 bits per heavy atom. The van der Waals surface area contributed by atoms with Gasteiger partial charge >= 0.3 is 0 Å². The molecular formula is C11H10OS. The fraction of sp³-hybridized carbons (Fsp3) is 0.182. The predicted molar refractivity (Wildman–Crippen MR) is 56.3 cm³/mol. The van der Waals surface area contributed by atoms with Gasteiger partial charge in [-0.1, -0.05) is 12.1 Å². The van der Waals surface area contributed by atoms with E-state index in [-0.39, 0.29) is 0 Å². The third kappa shape index (κ3) is 1.63. The van der Waals surface area contributed by atoms with Crippen LogP contribution >= 0.6 is 11.3 Å². The van der Waals surface area contributed by atoms with Crippen LogP contribution in [0, 0.1) is 6.92 Å². The number of aldehydes is 1. The van der Waals surface area contributed by atoms with Gasteiger partial charge in [0.2, 0.25) is 0 Å². The molecule has 0 amide bonds. The molecule has 0 radical (unpaired) electrons. The summed E-state index contributed by atoms with van der Waals surface area (Å²) in [6.45, 7) is 2.08. The van der Waals surface area contributed by atoms with E-state index < -0.39 is 0 Å². The molecule has 1 heterocycles. The fourth-order valence-electron chi connectivity index (χ4n) is 1.38. The smallest absolute Gasteiger partial charge is 0.125 e. The summed E-state index contributed by atoms with van der Waals surface area (Å²) in [5, 5.41) is 1.24. The number of rotatable bonds is 2. The monoisotopic (exact) mass is 190 g/mol. The largest absolute Gasteiger partial charge is 0.303 e. The van der Waals surface area contributed by atoms with E-state index in [0.717, 1.165) is 11.2 Å². The summed E-state index contributed by atoms with van der Waals surface area (Å²) in [4.78, 5) is 11.5. The van der Waals surface area contributed by atoms with Crippen LogP contribution in [0.1, 0.15) is 10.4 Å². The first-order valence-corrected chi connectivity index (χ1v) is 5.04. The van der Waals surface area contributed by atoms with E-state index in [1.807, 2.05) is 0 Å². The zero-order valence-corrected chi connectivity index (χ0v) is 8.23. The summed E-state index contributed by atoms with van der Waals surface area (Å²) in [7, 11) is 0. The topological polar surface area (TPSA) is 17.1 Å². The van der Waals surface area contributed by atoms with Crippen molar-refractivity contribution >= 4 is 27.7 Å². The molecule has 2 aromatic rings. The lowest BCUT2D eigenvalue weighted by Gasteiger charge is -1.89. The van der Waals surface area contributed by atoms with Gasteiger partial charge in [0, 0.05) is 16.0 Å². The van der Waals surface area contributed by atoms with Gasteiger partial charge in [-0.05, 0) is 30.0 Å². The molecule has 0 unspecified atom stereocenters. The van der Waals surface area contributed by atoms with Gasteiger partial charge in [-0.2, -0.15) is 0 Å². The van der Waals surface area contributed by atoms with Gasteiger partial charge in [0.1, 0.15) is 6.29 Å². The number of benzene rings is 1. The SMILES string of the molecule is Cc1ccc2cc(CC=O)sc2c1. The number of thiophene rings is 1. The number of carbonyl (C=O) groups is 1. The molecule has 1 nitrogen and oxygen atoms in total. The molecule has 1 aromatic heterocycles. The minimum atomic E-state index is 0.540. The van der Waals surface area contributed by atoms with Crippen molar-refractivity contribution in [1.29, 1.82) is 0 Å². The van der Waals surface area contributed by atoms with Gasteiger partial charge in [-0.15, -0.1) is 11.3 Å². The Bertz CT molecular complexity index is 442. The van der Waals surface area contributed by atoms with Crippen molar-refractivity contribution in [2.45, 2.75) is 13.3 Å². The van der Waals surface area contributed by atoms with Crippen LogP contribution in [0.4, 0.5) is 0 Å². The molecule has 0 saturated carbocycles. The lowest BCUT2D eigenvalue weighted by Crippen LogP contribution is -1.76. The van der Waals surface area contributed by atoms with Crippen LogP contribution in [-0.4, -0.2) is 6.29 Å². The van der Waals surface area contributed by atoms with Gasteiger partial charge in [-0.3, -0.25) is 0 Å². The van der Waals surface area contributed by atoms with Gasteiger partial charge in [0.25, 0.3) is 0 Å². The summed E-state index contributed by atoms with van der Waals surface area (Å²) in [5.74, 6) is 0. The molecule has 0 fully saturated rings. The van der Waals surface area contributed by atoms with Gasteiger partial charge < -0.3 is 4.79 Å². The Balaban J connectivity index is 2.55. The van der Waals surface area contributed by atoms with Crippen LogP contribution in [0.5, 0.6) is 0 Å². The van der Waals surface area contributed by atoms with Crippen LogP contribution in [0.2, 0.25) is 0 Å². The maximum absolute atomic E-state index is 10.3. The van der Waals surface area contributed by atoms with Crippen LogP contribution in [0.25, 0.3) is 10.1 Å². The number of hydrogen-bond donors (Lipinski definition) is 0. The van der Waals surface area contributed by atoms with E-state index in [4.69, 9.17) is 0 Å². The predicted octanol–water partition coefficient (Wildman–Crippen LogP) is 2.95. The number of fused-ring (bicyclic) bond motifs is 1. The normalized spacial score (nSPS) is 10.5. The molecule has 2 rings (SSSR count). The molecule has 0 bridgehead atoms. The van der Waals surface area contributed by atoms with Crippen molar-refractivity contribution in [3.8, 4) is 0 Å². The number of carbonyl (C=O) groups excluding carboxylic acids is 1. The first-order valence-electron chi connectivity index (χ1n) is 4.22. The highest BCUT2D eigenvalue weighted by Gasteiger charge is 2.00. The molecule has 0 aliphatic carbocycles. The molecule has 0 N–H and O–H groups in total. The highest BCUT2D eigenvalue weighted by atomic mass is 32.1. The third-order valence-corrected chi connectivity index (χ3v) is 3.13. The third-order valence-electron chi connectivity index (χ3n) is 2.01. The Morgan fingerprint density at radius 2 is 2.23 bits per heavy atom. The zero-order valence-electron chi connectivity index (χ0n) is 7.41. The van der Waals surface area contributed by atoms with E-state index in [9.17, 15) is 4.79 Å². The van der Waals surface area contributed by atoms with Crippen LogP contribution < -0.4 is 0 Å². The number of aryl methyl sites for hydroxylation is 1. The molecule has 66 valence electrons. The van der Waals surface area contributed by atoms with Crippen molar-refractivity contribution in [2.24, 2.45) is 0 Å². The van der Waals surface area contributed by atoms with Gasteiger partial charge in [0.15, 0.2) is 0 Å². The minimum Gasteiger partial charge on any atom is -0.303 e. The Hall–Kier alpha value is -1.15. The van der Waals surface area contributed by atoms with E-state index in [0.29, 0.717) is 6.42 Å². The zero-order chi connectivity index (χ0) is 9.26. The first-order chi connectivity index (χ1) is 6.29. The molecule has 1 aromatic carbocycles. The summed E-state index contributed by atoms with van der Waals surface area (Å²) < 4.78 is 1.27. The van der Waals surface area contributed by atoms with Crippen LogP contribution in [0.15, 0.2) is 24.3 Å². The van der Waals surface area contributed by atoms with E-state index in [1.54, 1.807) is 11.3 Å². The van der Waals surface area contributed by atoms with Gasteiger partial charge in [-0.25, -0.2) is 0 Å².